The monoisotopic (exact) mass is 441 g/mol. The quantitative estimate of drug-likeness (QED) is 0.484. The summed E-state index contributed by atoms with van der Waals surface area (Å²) < 4.78 is 18.0. The van der Waals surface area contributed by atoms with Gasteiger partial charge in [0.25, 0.3) is 11.8 Å². The number of esters is 1. The Kier molecular flexibility index (Phi) is 6.87. The smallest absolute Gasteiger partial charge is 0.326 e. The number of benzene rings is 2. The van der Waals surface area contributed by atoms with Gasteiger partial charge in [-0.3, -0.25) is 19.3 Å². The van der Waals surface area contributed by atoms with Crippen LogP contribution in [0.3, 0.4) is 0 Å². The normalized spacial score (nSPS) is 18.8. The van der Waals surface area contributed by atoms with Gasteiger partial charge < -0.3 is 15.4 Å². The number of carbonyl (C=O) groups excluding carboxylic acids is 4. The number of urea groups is 1. The molecule has 2 aromatic rings. The molecule has 168 valence electrons. The number of nitrogens with zero attached hydrogens (tertiary/aromatic N) is 1. The first-order valence-electron chi connectivity index (χ1n) is 10.2. The zero-order valence-corrected chi connectivity index (χ0v) is 17.8. The Morgan fingerprint density at radius 3 is 2.41 bits per heavy atom. The van der Waals surface area contributed by atoms with Crippen LogP contribution in [0.15, 0.2) is 54.6 Å². The SMILES string of the molecule is CC[C@]1(c2ccccc2)NC(=O)N(CC(=O)OCC(=O)N[C@H](C)c2ccc(F)cc2)C1=O. The van der Waals surface area contributed by atoms with Gasteiger partial charge in [0.1, 0.15) is 17.9 Å². The van der Waals surface area contributed by atoms with Gasteiger partial charge in [-0.15, -0.1) is 0 Å². The van der Waals surface area contributed by atoms with Crippen molar-refractivity contribution in [3.63, 3.8) is 0 Å². The Balaban J connectivity index is 1.55. The highest BCUT2D eigenvalue weighted by Crippen LogP contribution is 2.32. The van der Waals surface area contributed by atoms with Crippen molar-refractivity contribution in [1.29, 1.82) is 0 Å². The molecule has 2 N–H and O–H groups in total. The third-order valence-corrected chi connectivity index (χ3v) is 5.37. The highest BCUT2D eigenvalue weighted by Gasteiger charge is 2.51. The molecule has 8 nitrogen and oxygen atoms in total. The van der Waals surface area contributed by atoms with Crippen LogP contribution in [0.1, 0.15) is 37.4 Å². The van der Waals surface area contributed by atoms with Crippen LogP contribution in [-0.4, -0.2) is 41.9 Å². The van der Waals surface area contributed by atoms with Crippen molar-refractivity contribution < 1.29 is 28.3 Å². The Bertz CT molecular complexity index is 1010. The topological polar surface area (TPSA) is 105 Å². The average Bonchev–Trinajstić information content (AvgIpc) is 3.03. The van der Waals surface area contributed by atoms with Crippen LogP contribution in [-0.2, 0) is 24.7 Å². The minimum atomic E-state index is -1.25. The molecular weight excluding hydrogens is 417 g/mol. The van der Waals surface area contributed by atoms with Crippen LogP contribution in [0, 0.1) is 5.82 Å². The minimum Gasteiger partial charge on any atom is -0.454 e. The maximum absolute atomic E-state index is 13.0. The van der Waals surface area contributed by atoms with Crippen LogP contribution >= 0.6 is 0 Å². The molecule has 1 heterocycles. The summed E-state index contributed by atoms with van der Waals surface area (Å²) in [6, 6.07) is 13.3. The molecule has 32 heavy (non-hydrogen) atoms. The number of carbonyl (C=O) groups is 4. The first-order valence-corrected chi connectivity index (χ1v) is 10.2. The third kappa shape index (κ3) is 4.77. The molecule has 1 saturated heterocycles. The van der Waals surface area contributed by atoms with E-state index in [0.29, 0.717) is 17.5 Å². The summed E-state index contributed by atoms with van der Waals surface area (Å²) in [5.41, 5.74) is 0.0498. The fourth-order valence-electron chi connectivity index (χ4n) is 3.57. The Morgan fingerprint density at radius 2 is 1.78 bits per heavy atom. The van der Waals surface area contributed by atoms with Gasteiger partial charge in [0.2, 0.25) is 0 Å². The molecule has 0 aromatic heterocycles. The van der Waals surface area contributed by atoms with E-state index in [1.54, 1.807) is 44.2 Å². The lowest BCUT2D eigenvalue weighted by Crippen LogP contribution is -2.44. The van der Waals surface area contributed by atoms with Crippen LogP contribution in [0.5, 0.6) is 0 Å². The highest BCUT2D eigenvalue weighted by atomic mass is 19.1. The molecular formula is C23H24FN3O5. The maximum Gasteiger partial charge on any atom is 0.326 e. The van der Waals surface area contributed by atoms with E-state index in [1.807, 2.05) is 0 Å². The van der Waals surface area contributed by atoms with Crippen molar-refractivity contribution in [1.82, 2.24) is 15.5 Å². The number of amides is 4. The molecule has 0 aliphatic carbocycles. The molecule has 0 saturated carbocycles. The summed E-state index contributed by atoms with van der Waals surface area (Å²) in [7, 11) is 0. The van der Waals surface area contributed by atoms with E-state index in [4.69, 9.17) is 4.74 Å². The molecule has 0 bridgehead atoms. The molecule has 2 atom stereocenters. The first-order chi connectivity index (χ1) is 15.3. The summed E-state index contributed by atoms with van der Waals surface area (Å²) in [5.74, 6) is -2.40. The van der Waals surface area contributed by atoms with Crippen LogP contribution in [0.2, 0.25) is 0 Å². The average molecular weight is 441 g/mol. The number of rotatable bonds is 8. The molecule has 0 spiro atoms. The largest absolute Gasteiger partial charge is 0.454 e. The van der Waals surface area contributed by atoms with Gasteiger partial charge in [-0.1, -0.05) is 49.4 Å². The van der Waals surface area contributed by atoms with Crippen molar-refractivity contribution in [2.75, 3.05) is 13.2 Å². The molecule has 4 amide bonds. The predicted molar refractivity (Wildman–Crippen MR) is 113 cm³/mol. The van der Waals surface area contributed by atoms with Gasteiger partial charge in [0.05, 0.1) is 6.04 Å². The number of nitrogens with one attached hydrogen (secondary N) is 2. The van der Waals surface area contributed by atoms with Crippen molar-refractivity contribution in [3.05, 3.63) is 71.5 Å². The van der Waals surface area contributed by atoms with E-state index in [1.165, 1.54) is 24.3 Å². The van der Waals surface area contributed by atoms with Crippen LogP contribution in [0.4, 0.5) is 9.18 Å². The first kappa shape index (κ1) is 22.9. The fourth-order valence-corrected chi connectivity index (χ4v) is 3.57. The summed E-state index contributed by atoms with van der Waals surface area (Å²) in [5, 5.41) is 5.30. The maximum atomic E-state index is 13.0. The molecule has 9 heteroatoms. The molecule has 0 radical (unpaired) electrons. The van der Waals surface area contributed by atoms with E-state index in [0.717, 1.165) is 4.90 Å². The summed E-state index contributed by atoms with van der Waals surface area (Å²) in [6.45, 7) is 2.28. The number of halogens is 1. The third-order valence-electron chi connectivity index (χ3n) is 5.37. The Hall–Kier alpha value is -3.75. The second-order valence-corrected chi connectivity index (χ2v) is 7.45. The van der Waals surface area contributed by atoms with Crippen molar-refractivity contribution >= 4 is 23.8 Å². The second kappa shape index (κ2) is 9.59. The van der Waals surface area contributed by atoms with Crippen LogP contribution < -0.4 is 10.6 Å². The molecule has 2 aromatic carbocycles. The number of hydrogen-bond acceptors (Lipinski definition) is 5. The lowest BCUT2D eigenvalue weighted by Gasteiger charge is -2.25. The van der Waals surface area contributed by atoms with Crippen LogP contribution in [0.25, 0.3) is 0 Å². The Morgan fingerprint density at radius 1 is 1.12 bits per heavy atom. The Labute approximate surface area is 184 Å². The number of ether oxygens (including phenoxy) is 1. The summed E-state index contributed by atoms with van der Waals surface area (Å²) >= 11 is 0. The van der Waals surface area contributed by atoms with Crippen molar-refractivity contribution in [2.24, 2.45) is 0 Å². The van der Waals surface area contributed by atoms with Crippen molar-refractivity contribution in [2.45, 2.75) is 31.8 Å². The second-order valence-electron chi connectivity index (χ2n) is 7.45. The molecule has 1 aliphatic rings. The zero-order valence-electron chi connectivity index (χ0n) is 17.8. The summed E-state index contributed by atoms with van der Waals surface area (Å²) in [6.07, 6.45) is 0.302. The standard InChI is InChI=1S/C23H24FN3O5/c1-3-23(17-7-5-4-6-8-17)21(30)27(22(31)26-23)13-20(29)32-14-19(28)25-15(2)16-9-11-18(24)12-10-16/h4-12,15H,3,13-14H2,1-2H3,(H,25,28)(H,26,31)/t15-,23-/m1/s1. The van der Waals surface area contributed by atoms with Gasteiger partial charge in [-0.25, -0.2) is 9.18 Å². The molecule has 3 rings (SSSR count). The predicted octanol–water partition coefficient (Wildman–Crippen LogP) is 2.40. The van der Waals surface area contributed by atoms with Gasteiger partial charge in [-0.05, 0) is 36.6 Å². The number of imide groups is 1. The van der Waals surface area contributed by atoms with Gasteiger partial charge in [0.15, 0.2) is 6.61 Å². The molecule has 1 aliphatic heterocycles. The van der Waals surface area contributed by atoms with E-state index in [-0.39, 0.29) is 5.82 Å². The van der Waals surface area contributed by atoms with Gasteiger partial charge >= 0.3 is 12.0 Å². The highest BCUT2D eigenvalue weighted by molar-refractivity contribution is 6.09. The zero-order chi connectivity index (χ0) is 23.3. The van der Waals surface area contributed by atoms with E-state index >= 15 is 0 Å². The molecule has 0 unspecified atom stereocenters. The van der Waals surface area contributed by atoms with Crippen molar-refractivity contribution in [3.8, 4) is 0 Å². The lowest BCUT2D eigenvalue weighted by molar-refractivity contribution is -0.151. The fraction of sp³-hybridized carbons (Fsp3) is 0.304. The summed E-state index contributed by atoms with van der Waals surface area (Å²) in [4.78, 5) is 50.5. The van der Waals surface area contributed by atoms with Gasteiger partial charge in [-0.2, -0.15) is 0 Å². The number of hydrogen-bond donors (Lipinski definition) is 2. The molecule has 1 fully saturated rings. The lowest BCUT2D eigenvalue weighted by atomic mass is 9.87. The van der Waals surface area contributed by atoms with E-state index < -0.39 is 48.5 Å². The van der Waals surface area contributed by atoms with E-state index in [9.17, 15) is 23.6 Å². The van der Waals surface area contributed by atoms with Gasteiger partial charge in [0, 0.05) is 0 Å². The van der Waals surface area contributed by atoms with E-state index in [2.05, 4.69) is 10.6 Å². The minimum absolute atomic E-state index is 0.302.